The first-order valence-corrected chi connectivity index (χ1v) is 9.80. The number of amides is 2. The standard InChI is InChI=1S/C19H25BrN2O3/c1-13-18(14-6-8-16(20)9-7-14)25-11-10-22(13)17(23)12-21-19(24)15-4-2-3-5-15/h6-9,13,15,18H,2-5,10-12H2,1H3,(H,21,24)/t13-,18+/m1/s1. The first-order valence-electron chi connectivity index (χ1n) is 9.00. The molecule has 1 saturated carbocycles. The van der Waals surface area contributed by atoms with Crippen LogP contribution in [0.2, 0.25) is 0 Å². The lowest BCUT2D eigenvalue weighted by molar-refractivity contribution is -0.146. The van der Waals surface area contributed by atoms with Crippen LogP contribution in [0, 0.1) is 5.92 Å². The summed E-state index contributed by atoms with van der Waals surface area (Å²) in [5.74, 6) is 0.0749. The van der Waals surface area contributed by atoms with Crippen molar-refractivity contribution in [3.05, 3.63) is 34.3 Å². The van der Waals surface area contributed by atoms with Crippen LogP contribution in [0.4, 0.5) is 0 Å². The molecule has 136 valence electrons. The zero-order valence-corrected chi connectivity index (χ0v) is 16.1. The summed E-state index contributed by atoms with van der Waals surface area (Å²) in [7, 11) is 0. The molecule has 1 saturated heterocycles. The van der Waals surface area contributed by atoms with Crippen molar-refractivity contribution in [1.82, 2.24) is 10.2 Å². The van der Waals surface area contributed by atoms with Crippen molar-refractivity contribution < 1.29 is 14.3 Å². The number of morpholine rings is 1. The van der Waals surface area contributed by atoms with Crippen LogP contribution in [-0.4, -0.2) is 42.5 Å². The fourth-order valence-corrected chi connectivity index (χ4v) is 4.02. The summed E-state index contributed by atoms with van der Waals surface area (Å²) in [5, 5.41) is 2.83. The first kappa shape index (κ1) is 18.4. The van der Waals surface area contributed by atoms with Gasteiger partial charge in [0.1, 0.15) is 6.10 Å². The number of carbonyl (C=O) groups is 2. The summed E-state index contributed by atoms with van der Waals surface area (Å²) in [6.45, 7) is 3.15. The molecule has 1 aromatic carbocycles. The van der Waals surface area contributed by atoms with Gasteiger partial charge in [0.25, 0.3) is 0 Å². The van der Waals surface area contributed by atoms with Crippen LogP contribution < -0.4 is 5.32 Å². The Labute approximate surface area is 157 Å². The number of rotatable bonds is 4. The summed E-state index contributed by atoms with van der Waals surface area (Å²) < 4.78 is 6.92. The zero-order chi connectivity index (χ0) is 17.8. The summed E-state index contributed by atoms with van der Waals surface area (Å²) >= 11 is 3.44. The van der Waals surface area contributed by atoms with E-state index < -0.39 is 0 Å². The Hall–Kier alpha value is -1.40. The summed E-state index contributed by atoms with van der Waals surface area (Å²) in [4.78, 5) is 26.6. The molecular weight excluding hydrogens is 384 g/mol. The van der Waals surface area contributed by atoms with Crippen LogP contribution in [-0.2, 0) is 14.3 Å². The predicted molar refractivity (Wildman–Crippen MR) is 99.0 cm³/mol. The van der Waals surface area contributed by atoms with Gasteiger partial charge in [0.2, 0.25) is 11.8 Å². The van der Waals surface area contributed by atoms with E-state index in [2.05, 4.69) is 21.2 Å². The molecule has 6 heteroatoms. The first-order chi connectivity index (χ1) is 12.1. The highest BCUT2D eigenvalue weighted by atomic mass is 79.9. The van der Waals surface area contributed by atoms with E-state index in [4.69, 9.17) is 4.74 Å². The summed E-state index contributed by atoms with van der Waals surface area (Å²) in [6.07, 6.45) is 3.97. The number of nitrogens with one attached hydrogen (secondary N) is 1. The van der Waals surface area contributed by atoms with Gasteiger partial charge in [0.05, 0.1) is 19.2 Å². The van der Waals surface area contributed by atoms with Crippen molar-refractivity contribution in [3.63, 3.8) is 0 Å². The average molecular weight is 409 g/mol. The van der Waals surface area contributed by atoms with Crippen molar-refractivity contribution in [2.75, 3.05) is 19.7 Å². The highest BCUT2D eigenvalue weighted by Gasteiger charge is 2.33. The number of nitrogens with zero attached hydrogens (tertiary/aromatic N) is 1. The fraction of sp³-hybridized carbons (Fsp3) is 0.579. The van der Waals surface area contributed by atoms with Gasteiger partial charge in [-0.1, -0.05) is 40.9 Å². The normalized spacial score (nSPS) is 24.3. The van der Waals surface area contributed by atoms with Gasteiger partial charge in [-0.3, -0.25) is 9.59 Å². The molecular formula is C19H25BrN2O3. The van der Waals surface area contributed by atoms with Gasteiger partial charge in [0.15, 0.2) is 0 Å². The predicted octanol–water partition coefficient (Wildman–Crippen LogP) is 3.04. The van der Waals surface area contributed by atoms with E-state index in [9.17, 15) is 9.59 Å². The van der Waals surface area contributed by atoms with Crippen molar-refractivity contribution in [1.29, 1.82) is 0 Å². The molecule has 0 spiro atoms. The van der Waals surface area contributed by atoms with Crippen molar-refractivity contribution in [2.24, 2.45) is 5.92 Å². The molecule has 1 aromatic rings. The van der Waals surface area contributed by atoms with Gasteiger partial charge in [-0.25, -0.2) is 0 Å². The number of carbonyl (C=O) groups excluding carboxylic acids is 2. The van der Waals surface area contributed by atoms with Crippen molar-refractivity contribution in [2.45, 2.75) is 44.8 Å². The Morgan fingerprint density at radius 3 is 2.60 bits per heavy atom. The van der Waals surface area contributed by atoms with Gasteiger partial charge < -0.3 is 15.0 Å². The van der Waals surface area contributed by atoms with E-state index in [1.165, 1.54) is 0 Å². The third-order valence-corrected chi connectivity index (χ3v) is 5.75. The fourth-order valence-electron chi connectivity index (χ4n) is 3.76. The molecule has 2 amide bonds. The van der Waals surface area contributed by atoms with Gasteiger partial charge in [-0.05, 0) is 37.5 Å². The van der Waals surface area contributed by atoms with Crippen LogP contribution in [0.3, 0.4) is 0 Å². The highest BCUT2D eigenvalue weighted by Crippen LogP contribution is 2.29. The second kappa shape index (κ2) is 8.32. The molecule has 2 aliphatic rings. The van der Waals surface area contributed by atoms with Gasteiger partial charge in [-0.2, -0.15) is 0 Å². The molecule has 1 aliphatic heterocycles. The lowest BCUT2D eigenvalue weighted by atomic mass is 10.0. The Morgan fingerprint density at radius 1 is 1.24 bits per heavy atom. The van der Waals surface area contributed by atoms with E-state index in [0.717, 1.165) is 35.7 Å². The molecule has 1 aliphatic carbocycles. The summed E-state index contributed by atoms with van der Waals surface area (Å²) in [6, 6.07) is 7.93. The molecule has 0 bridgehead atoms. The van der Waals surface area contributed by atoms with Crippen LogP contribution in [0.1, 0.15) is 44.3 Å². The Kier molecular flexibility index (Phi) is 6.12. The minimum absolute atomic E-state index is 0.0243. The van der Waals surface area contributed by atoms with E-state index >= 15 is 0 Å². The molecule has 25 heavy (non-hydrogen) atoms. The number of hydrogen-bond donors (Lipinski definition) is 1. The lowest BCUT2D eigenvalue weighted by Crippen LogP contribution is -2.52. The second-order valence-electron chi connectivity index (χ2n) is 6.87. The lowest BCUT2D eigenvalue weighted by Gasteiger charge is -2.39. The topological polar surface area (TPSA) is 58.6 Å². The van der Waals surface area contributed by atoms with Crippen LogP contribution in [0.5, 0.6) is 0 Å². The molecule has 2 atom stereocenters. The Morgan fingerprint density at radius 2 is 1.92 bits per heavy atom. The maximum absolute atomic E-state index is 12.6. The molecule has 0 aromatic heterocycles. The maximum Gasteiger partial charge on any atom is 0.242 e. The number of ether oxygens (including phenoxy) is 1. The van der Waals surface area contributed by atoms with Gasteiger partial charge in [0, 0.05) is 16.9 Å². The summed E-state index contributed by atoms with van der Waals surface area (Å²) in [5.41, 5.74) is 1.06. The minimum atomic E-state index is -0.142. The molecule has 5 nitrogen and oxygen atoms in total. The SMILES string of the molecule is C[C@@H]1[C@@H](c2ccc(Br)cc2)OCCN1C(=O)CNC(=O)C1CCCC1. The third-order valence-electron chi connectivity index (χ3n) is 5.22. The average Bonchev–Trinajstić information content (AvgIpc) is 3.15. The maximum atomic E-state index is 12.6. The molecule has 1 N–H and O–H groups in total. The van der Waals surface area contributed by atoms with E-state index in [-0.39, 0.29) is 36.4 Å². The van der Waals surface area contributed by atoms with E-state index in [1.54, 1.807) is 0 Å². The largest absolute Gasteiger partial charge is 0.370 e. The quantitative estimate of drug-likeness (QED) is 0.832. The van der Waals surface area contributed by atoms with Gasteiger partial charge >= 0.3 is 0 Å². The second-order valence-corrected chi connectivity index (χ2v) is 7.79. The van der Waals surface area contributed by atoms with Crippen molar-refractivity contribution >= 4 is 27.7 Å². The Balaban J connectivity index is 1.58. The van der Waals surface area contributed by atoms with Crippen LogP contribution >= 0.6 is 15.9 Å². The zero-order valence-electron chi connectivity index (χ0n) is 14.5. The van der Waals surface area contributed by atoms with Crippen LogP contribution in [0.25, 0.3) is 0 Å². The Bertz CT molecular complexity index is 614. The molecule has 1 heterocycles. The number of benzene rings is 1. The number of halogens is 1. The van der Waals surface area contributed by atoms with Crippen LogP contribution in [0.15, 0.2) is 28.7 Å². The molecule has 3 rings (SSSR count). The minimum Gasteiger partial charge on any atom is -0.370 e. The third kappa shape index (κ3) is 4.42. The van der Waals surface area contributed by atoms with E-state index in [1.807, 2.05) is 36.1 Å². The monoisotopic (exact) mass is 408 g/mol. The van der Waals surface area contributed by atoms with E-state index in [0.29, 0.717) is 13.2 Å². The molecule has 0 radical (unpaired) electrons. The van der Waals surface area contributed by atoms with Gasteiger partial charge in [-0.15, -0.1) is 0 Å². The number of hydrogen-bond acceptors (Lipinski definition) is 3. The molecule has 0 unspecified atom stereocenters. The smallest absolute Gasteiger partial charge is 0.242 e. The highest BCUT2D eigenvalue weighted by molar-refractivity contribution is 9.10. The molecule has 2 fully saturated rings. The van der Waals surface area contributed by atoms with Crippen molar-refractivity contribution in [3.8, 4) is 0 Å².